The number of hydrogen-bond acceptors (Lipinski definition) is 7. The lowest BCUT2D eigenvalue weighted by Crippen LogP contribution is -2.02. The molecule has 8 nitrogen and oxygen atoms in total. The summed E-state index contributed by atoms with van der Waals surface area (Å²) in [6.45, 7) is 4.13. The number of ether oxygens (including phenoxy) is 2. The van der Waals surface area contributed by atoms with E-state index in [0.29, 0.717) is 29.6 Å². The smallest absolute Gasteiger partial charge is 0.231 e. The molecule has 0 bridgehead atoms. The molecule has 2 aromatic heterocycles. The van der Waals surface area contributed by atoms with Crippen molar-refractivity contribution >= 4 is 11.0 Å². The summed E-state index contributed by atoms with van der Waals surface area (Å²) >= 11 is 0. The first-order chi connectivity index (χ1) is 13.6. The third-order valence-electron chi connectivity index (χ3n) is 4.49. The summed E-state index contributed by atoms with van der Waals surface area (Å²) in [5, 5.41) is 12.5. The molecule has 0 saturated heterocycles. The predicted molar refractivity (Wildman–Crippen MR) is 104 cm³/mol. The van der Waals surface area contributed by atoms with Crippen molar-refractivity contribution in [2.45, 2.75) is 26.3 Å². The molecular weight excluding hydrogens is 358 g/mol. The fourth-order valence-electron chi connectivity index (χ4n) is 3.07. The Morgan fingerprint density at radius 2 is 1.86 bits per heavy atom. The van der Waals surface area contributed by atoms with Gasteiger partial charge in [-0.15, -0.1) is 5.10 Å². The van der Waals surface area contributed by atoms with Crippen LogP contribution in [-0.4, -0.2) is 39.4 Å². The normalized spacial score (nSPS) is 11.3. The molecule has 0 N–H and O–H groups in total. The highest BCUT2D eigenvalue weighted by molar-refractivity contribution is 5.80. The lowest BCUT2D eigenvalue weighted by Gasteiger charge is -2.08. The van der Waals surface area contributed by atoms with Crippen molar-refractivity contribution in [2.24, 2.45) is 0 Å². The standard InChI is InChI=1S/C20H21N5O3/c1-12(2)25-16-11-14(6-7-15(16)22-24-25)20-21-19(28-23-20)10-13-5-8-17(26-3)18(9-13)27-4/h5-9,11-12H,10H2,1-4H3. The molecule has 0 aliphatic heterocycles. The third-order valence-corrected chi connectivity index (χ3v) is 4.49. The molecule has 2 aromatic carbocycles. The molecule has 0 aliphatic carbocycles. The molecule has 0 unspecified atom stereocenters. The minimum Gasteiger partial charge on any atom is -0.493 e. The zero-order valence-corrected chi connectivity index (χ0v) is 16.2. The Balaban J connectivity index is 1.61. The van der Waals surface area contributed by atoms with E-state index in [2.05, 4.69) is 34.3 Å². The van der Waals surface area contributed by atoms with E-state index in [9.17, 15) is 0 Å². The van der Waals surface area contributed by atoms with Gasteiger partial charge in [0.15, 0.2) is 11.5 Å². The summed E-state index contributed by atoms with van der Waals surface area (Å²) in [6.07, 6.45) is 0.501. The second-order valence-corrected chi connectivity index (χ2v) is 6.71. The lowest BCUT2D eigenvalue weighted by atomic mass is 10.1. The average Bonchev–Trinajstić information content (AvgIpc) is 3.34. The van der Waals surface area contributed by atoms with E-state index in [-0.39, 0.29) is 6.04 Å². The van der Waals surface area contributed by atoms with Crippen molar-refractivity contribution in [2.75, 3.05) is 14.2 Å². The van der Waals surface area contributed by atoms with Crippen LogP contribution in [0.3, 0.4) is 0 Å². The molecule has 4 aromatic rings. The van der Waals surface area contributed by atoms with Gasteiger partial charge in [0, 0.05) is 11.6 Å². The Bertz CT molecular complexity index is 1120. The number of nitrogens with zero attached hydrogens (tertiary/aromatic N) is 5. The zero-order valence-electron chi connectivity index (χ0n) is 16.2. The van der Waals surface area contributed by atoms with Gasteiger partial charge in [0.05, 0.1) is 26.2 Å². The van der Waals surface area contributed by atoms with Crippen molar-refractivity contribution in [1.29, 1.82) is 0 Å². The first kappa shape index (κ1) is 18.0. The fraction of sp³-hybridized carbons (Fsp3) is 0.300. The monoisotopic (exact) mass is 379 g/mol. The second kappa shape index (κ2) is 7.30. The average molecular weight is 379 g/mol. The highest BCUT2D eigenvalue weighted by atomic mass is 16.5. The number of benzene rings is 2. The SMILES string of the molecule is COc1ccc(Cc2nc(-c3ccc4nnn(C(C)C)c4c3)no2)cc1OC. The molecular formula is C20H21N5O3. The van der Waals surface area contributed by atoms with Crippen molar-refractivity contribution in [1.82, 2.24) is 25.1 Å². The van der Waals surface area contributed by atoms with E-state index < -0.39 is 0 Å². The Labute approximate surface area is 162 Å². The van der Waals surface area contributed by atoms with E-state index in [0.717, 1.165) is 22.2 Å². The highest BCUT2D eigenvalue weighted by Gasteiger charge is 2.14. The maximum atomic E-state index is 5.45. The number of methoxy groups -OCH3 is 2. The molecule has 0 spiro atoms. The summed E-state index contributed by atoms with van der Waals surface area (Å²) in [6, 6.07) is 11.8. The van der Waals surface area contributed by atoms with Gasteiger partial charge in [0.2, 0.25) is 11.7 Å². The van der Waals surface area contributed by atoms with Gasteiger partial charge in [-0.25, -0.2) is 4.68 Å². The molecule has 0 atom stereocenters. The lowest BCUT2D eigenvalue weighted by molar-refractivity contribution is 0.354. The maximum absolute atomic E-state index is 5.45. The van der Waals surface area contributed by atoms with Gasteiger partial charge in [0.25, 0.3) is 0 Å². The number of fused-ring (bicyclic) bond motifs is 1. The van der Waals surface area contributed by atoms with Crippen LogP contribution in [0.5, 0.6) is 11.5 Å². The molecule has 0 amide bonds. The van der Waals surface area contributed by atoms with Crippen LogP contribution in [0.25, 0.3) is 22.4 Å². The molecule has 0 fully saturated rings. The second-order valence-electron chi connectivity index (χ2n) is 6.71. The molecule has 0 radical (unpaired) electrons. The van der Waals surface area contributed by atoms with E-state index >= 15 is 0 Å². The largest absolute Gasteiger partial charge is 0.493 e. The molecule has 0 saturated carbocycles. The number of rotatable bonds is 6. The van der Waals surface area contributed by atoms with Crippen LogP contribution in [-0.2, 0) is 6.42 Å². The van der Waals surface area contributed by atoms with Crippen LogP contribution in [0.2, 0.25) is 0 Å². The topological polar surface area (TPSA) is 88.1 Å². The Morgan fingerprint density at radius 3 is 2.61 bits per heavy atom. The molecule has 4 rings (SSSR count). The molecule has 8 heteroatoms. The van der Waals surface area contributed by atoms with E-state index in [1.807, 2.05) is 41.1 Å². The van der Waals surface area contributed by atoms with Crippen LogP contribution in [0, 0.1) is 0 Å². The molecule has 2 heterocycles. The van der Waals surface area contributed by atoms with Crippen molar-refractivity contribution < 1.29 is 14.0 Å². The van der Waals surface area contributed by atoms with Gasteiger partial charge in [-0.3, -0.25) is 0 Å². The predicted octanol–water partition coefficient (Wildman–Crippen LogP) is 3.67. The summed E-state index contributed by atoms with van der Waals surface area (Å²) < 4.78 is 17.9. The van der Waals surface area contributed by atoms with Crippen LogP contribution in [0.4, 0.5) is 0 Å². The maximum Gasteiger partial charge on any atom is 0.231 e. The Kier molecular flexibility index (Phi) is 4.68. The summed E-state index contributed by atoms with van der Waals surface area (Å²) in [4.78, 5) is 4.54. The van der Waals surface area contributed by atoms with Gasteiger partial charge in [-0.2, -0.15) is 4.98 Å². The van der Waals surface area contributed by atoms with Gasteiger partial charge in [-0.05, 0) is 49.7 Å². The van der Waals surface area contributed by atoms with E-state index in [1.165, 1.54) is 0 Å². The van der Waals surface area contributed by atoms with Crippen molar-refractivity contribution in [3.8, 4) is 22.9 Å². The minimum absolute atomic E-state index is 0.214. The quantitative estimate of drug-likeness (QED) is 0.505. The molecule has 144 valence electrons. The Hall–Kier alpha value is -3.42. The molecule has 0 aliphatic rings. The zero-order chi connectivity index (χ0) is 19.7. The summed E-state index contributed by atoms with van der Waals surface area (Å²) in [5.74, 6) is 2.41. The van der Waals surface area contributed by atoms with Crippen molar-refractivity contribution in [3.05, 3.63) is 47.9 Å². The van der Waals surface area contributed by atoms with Crippen LogP contribution in [0.1, 0.15) is 31.3 Å². The summed E-state index contributed by atoms with van der Waals surface area (Å²) in [5.41, 5.74) is 3.63. The van der Waals surface area contributed by atoms with Crippen LogP contribution >= 0.6 is 0 Å². The van der Waals surface area contributed by atoms with Gasteiger partial charge in [-0.1, -0.05) is 16.4 Å². The first-order valence-corrected chi connectivity index (χ1v) is 8.98. The van der Waals surface area contributed by atoms with Gasteiger partial charge >= 0.3 is 0 Å². The summed E-state index contributed by atoms with van der Waals surface area (Å²) in [7, 11) is 3.22. The Morgan fingerprint density at radius 1 is 1.04 bits per heavy atom. The number of aromatic nitrogens is 5. The van der Waals surface area contributed by atoms with Gasteiger partial charge < -0.3 is 14.0 Å². The van der Waals surface area contributed by atoms with Crippen LogP contribution in [0.15, 0.2) is 40.9 Å². The fourth-order valence-corrected chi connectivity index (χ4v) is 3.07. The van der Waals surface area contributed by atoms with Gasteiger partial charge in [0.1, 0.15) is 5.52 Å². The van der Waals surface area contributed by atoms with E-state index in [1.54, 1.807) is 14.2 Å². The minimum atomic E-state index is 0.214. The first-order valence-electron chi connectivity index (χ1n) is 8.98. The van der Waals surface area contributed by atoms with Crippen LogP contribution < -0.4 is 9.47 Å². The molecule has 28 heavy (non-hydrogen) atoms. The number of hydrogen-bond donors (Lipinski definition) is 0. The van der Waals surface area contributed by atoms with Crippen molar-refractivity contribution in [3.63, 3.8) is 0 Å². The van der Waals surface area contributed by atoms with E-state index in [4.69, 9.17) is 14.0 Å². The highest BCUT2D eigenvalue weighted by Crippen LogP contribution is 2.29. The third kappa shape index (κ3) is 3.28.